The Morgan fingerprint density at radius 2 is 1.91 bits per heavy atom. The lowest BCUT2D eigenvalue weighted by Crippen LogP contribution is -2.44. The second-order valence-corrected chi connectivity index (χ2v) is 15.4. The Hall–Kier alpha value is -3.86. The molecule has 1 aliphatic heterocycles. The summed E-state index contributed by atoms with van der Waals surface area (Å²) in [5.41, 5.74) is 1.07. The maximum atomic E-state index is 14.0. The fraction of sp³-hybridized carbons (Fsp3) is 0.433. The van der Waals surface area contributed by atoms with Gasteiger partial charge in [-0.2, -0.15) is 9.40 Å². The van der Waals surface area contributed by atoms with Gasteiger partial charge in [0, 0.05) is 24.0 Å². The number of thiazole rings is 1. The van der Waals surface area contributed by atoms with Crippen LogP contribution in [0.2, 0.25) is 0 Å². The number of sulfonamides is 1. The van der Waals surface area contributed by atoms with E-state index in [0.717, 1.165) is 25.5 Å². The number of aryl methyl sites for hydroxylation is 2. The van der Waals surface area contributed by atoms with Crippen molar-refractivity contribution < 1.29 is 27.5 Å². The van der Waals surface area contributed by atoms with Crippen LogP contribution >= 0.6 is 22.7 Å². The summed E-state index contributed by atoms with van der Waals surface area (Å²) in [4.78, 5) is 36.4. The van der Waals surface area contributed by atoms with Crippen LogP contribution in [0.25, 0.3) is 10.6 Å². The summed E-state index contributed by atoms with van der Waals surface area (Å²) >= 11 is 2.59. The van der Waals surface area contributed by atoms with E-state index in [9.17, 15) is 18.0 Å². The third kappa shape index (κ3) is 7.57. The summed E-state index contributed by atoms with van der Waals surface area (Å²) in [7, 11) is -2.55. The summed E-state index contributed by atoms with van der Waals surface area (Å²) in [5, 5.41) is 13.1. The molecule has 2 bridgehead atoms. The number of nitrogens with zero attached hydrogens (tertiary/aromatic N) is 5. The van der Waals surface area contributed by atoms with Gasteiger partial charge in [-0.15, -0.1) is 22.7 Å². The standard InChI is InChI=1S/C30H37N7O6S3/c1-18(2)28-29-32-19(3)35-37(29)13-14-43-24-15-21(7-8-23(24)42-5)30(39)31-11-6-12-36(16-26(38)34-28)46(40,41)27-10-9-25(45-27)22-17-44-20(4)33-22/h7-10,15,17-18,28H,6,11-14,16H2,1-5H3,(H,31,39)(H,34,38)/t28-/m0/s1. The molecule has 2 amide bonds. The lowest BCUT2D eigenvalue weighted by Gasteiger charge is -2.25. The van der Waals surface area contributed by atoms with E-state index in [1.54, 1.807) is 41.9 Å². The molecule has 3 aromatic heterocycles. The van der Waals surface area contributed by atoms with Crippen molar-refractivity contribution in [3.8, 4) is 22.1 Å². The molecule has 13 nitrogen and oxygen atoms in total. The zero-order valence-electron chi connectivity index (χ0n) is 26.3. The van der Waals surface area contributed by atoms with Crippen LogP contribution in [0.4, 0.5) is 0 Å². The van der Waals surface area contributed by atoms with E-state index in [-0.39, 0.29) is 42.2 Å². The summed E-state index contributed by atoms with van der Waals surface area (Å²) in [6.07, 6.45) is 0.266. The predicted octanol–water partition coefficient (Wildman–Crippen LogP) is 3.81. The maximum Gasteiger partial charge on any atom is 0.253 e. The Morgan fingerprint density at radius 3 is 2.63 bits per heavy atom. The highest BCUT2D eigenvalue weighted by atomic mass is 32.2. The Labute approximate surface area is 276 Å². The van der Waals surface area contributed by atoms with Crippen LogP contribution in [0.15, 0.2) is 39.9 Å². The summed E-state index contributed by atoms with van der Waals surface area (Å²) in [6.45, 7) is 7.79. The summed E-state index contributed by atoms with van der Waals surface area (Å²) in [6, 6.07) is 7.62. The Morgan fingerprint density at radius 1 is 1.11 bits per heavy atom. The molecule has 5 rings (SSSR count). The highest BCUT2D eigenvalue weighted by Crippen LogP contribution is 2.33. The highest BCUT2D eigenvalue weighted by molar-refractivity contribution is 7.91. The van der Waals surface area contributed by atoms with Crippen molar-refractivity contribution in [3.05, 3.63) is 57.9 Å². The number of nitrogens with one attached hydrogen (secondary N) is 2. The van der Waals surface area contributed by atoms with Crippen molar-refractivity contribution >= 4 is 44.5 Å². The molecule has 46 heavy (non-hydrogen) atoms. The van der Waals surface area contributed by atoms with Gasteiger partial charge in [-0.1, -0.05) is 13.8 Å². The van der Waals surface area contributed by atoms with Gasteiger partial charge in [-0.25, -0.2) is 23.1 Å². The van der Waals surface area contributed by atoms with Crippen LogP contribution < -0.4 is 20.1 Å². The van der Waals surface area contributed by atoms with Crippen molar-refractivity contribution in [2.75, 3.05) is 33.4 Å². The molecule has 1 aromatic carbocycles. The first-order valence-electron chi connectivity index (χ1n) is 14.8. The van der Waals surface area contributed by atoms with E-state index in [1.165, 1.54) is 18.4 Å². The quantitative estimate of drug-likeness (QED) is 0.319. The van der Waals surface area contributed by atoms with Gasteiger partial charge >= 0.3 is 0 Å². The van der Waals surface area contributed by atoms with Crippen LogP contribution in [0.5, 0.6) is 11.5 Å². The van der Waals surface area contributed by atoms with Crippen LogP contribution in [0.3, 0.4) is 0 Å². The fourth-order valence-corrected chi connectivity index (χ4v) is 8.54. The number of ether oxygens (including phenoxy) is 2. The van der Waals surface area contributed by atoms with Crippen molar-refractivity contribution in [2.45, 2.75) is 50.9 Å². The molecule has 0 unspecified atom stereocenters. The third-order valence-corrected chi connectivity index (χ3v) is 11.5. The fourth-order valence-electron chi connectivity index (χ4n) is 4.99. The normalized spacial score (nSPS) is 17.4. The van der Waals surface area contributed by atoms with E-state index >= 15 is 0 Å². The van der Waals surface area contributed by atoms with Gasteiger partial charge in [0.05, 0.1) is 41.8 Å². The minimum atomic E-state index is -4.07. The van der Waals surface area contributed by atoms with E-state index < -0.39 is 28.5 Å². The largest absolute Gasteiger partial charge is 0.493 e. The van der Waals surface area contributed by atoms with Crippen LogP contribution in [0, 0.1) is 19.8 Å². The summed E-state index contributed by atoms with van der Waals surface area (Å²) in [5.74, 6) is 0.987. The molecule has 1 atom stereocenters. The van der Waals surface area contributed by atoms with Gasteiger partial charge in [0.15, 0.2) is 11.5 Å². The Kier molecular flexibility index (Phi) is 10.4. The van der Waals surface area contributed by atoms with Gasteiger partial charge in [0.1, 0.15) is 22.5 Å². The first-order valence-corrected chi connectivity index (χ1v) is 17.9. The SMILES string of the molecule is COc1ccc2cc1OCCn1nc(C)nc1[C@H](C(C)C)NC(=O)CN(S(=O)(=O)c1ccc(-c3csc(C)n3)s1)CCCNC2=O. The second kappa shape index (κ2) is 14.3. The van der Waals surface area contributed by atoms with Crippen LogP contribution in [-0.4, -0.2) is 77.6 Å². The lowest BCUT2D eigenvalue weighted by molar-refractivity contribution is -0.122. The number of carbonyl (C=O) groups excluding carboxylic acids is 2. The molecule has 0 saturated heterocycles. The smallest absolute Gasteiger partial charge is 0.253 e. The molecule has 0 radical (unpaired) electrons. The molecule has 0 spiro atoms. The van der Waals surface area contributed by atoms with E-state index in [1.807, 2.05) is 26.2 Å². The monoisotopic (exact) mass is 687 g/mol. The molecule has 246 valence electrons. The number of thiophene rings is 1. The van der Waals surface area contributed by atoms with Gasteiger partial charge < -0.3 is 20.1 Å². The van der Waals surface area contributed by atoms with Crippen molar-refractivity contribution in [1.29, 1.82) is 0 Å². The number of benzene rings is 1. The number of carbonyl (C=O) groups is 2. The van der Waals surface area contributed by atoms with Gasteiger partial charge in [0.2, 0.25) is 5.91 Å². The third-order valence-electron chi connectivity index (χ3n) is 7.29. The molecular formula is C30H37N7O6S3. The molecule has 1 aliphatic rings. The average Bonchev–Trinajstić information content (AvgIpc) is 3.77. The topological polar surface area (TPSA) is 158 Å². The number of hydrogen-bond acceptors (Lipinski definition) is 11. The van der Waals surface area contributed by atoms with Crippen molar-refractivity contribution in [3.63, 3.8) is 0 Å². The average molecular weight is 688 g/mol. The number of aromatic nitrogens is 4. The zero-order valence-corrected chi connectivity index (χ0v) is 28.7. The molecule has 16 heteroatoms. The number of hydrogen-bond donors (Lipinski definition) is 2. The van der Waals surface area contributed by atoms with Gasteiger partial charge in [0.25, 0.3) is 15.9 Å². The highest BCUT2D eigenvalue weighted by Gasteiger charge is 2.31. The van der Waals surface area contributed by atoms with Gasteiger partial charge in [-0.05, 0) is 56.5 Å². The van der Waals surface area contributed by atoms with E-state index in [0.29, 0.717) is 40.9 Å². The molecular weight excluding hydrogens is 651 g/mol. The lowest BCUT2D eigenvalue weighted by atomic mass is 10.0. The van der Waals surface area contributed by atoms with Crippen LogP contribution in [-0.2, 0) is 21.4 Å². The minimum Gasteiger partial charge on any atom is -0.493 e. The van der Waals surface area contributed by atoms with Crippen LogP contribution in [0.1, 0.15) is 53.3 Å². The number of amides is 2. The van der Waals surface area contributed by atoms with Gasteiger partial charge in [-0.3, -0.25) is 9.59 Å². The summed E-state index contributed by atoms with van der Waals surface area (Å²) < 4.78 is 42.3. The molecule has 4 heterocycles. The van der Waals surface area contributed by atoms with E-state index in [4.69, 9.17) is 9.47 Å². The molecule has 2 N–H and O–H groups in total. The number of fused-ring (bicyclic) bond motifs is 3. The minimum absolute atomic E-state index is 0.00230. The molecule has 0 aliphatic carbocycles. The predicted molar refractivity (Wildman–Crippen MR) is 175 cm³/mol. The number of rotatable bonds is 5. The Balaban J connectivity index is 1.47. The molecule has 4 aromatic rings. The first-order chi connectivity index (χ1) is 22.0. The zero-order chi connectivity index (χ0) is 33.0. The second-order valence-electron chi connectivity index (χ2n) is 11.1. The molecule has 0 fully saturated rings. The Bertz CT molecular complexity index is 1810. The van der Waals surface area contributed by atoms with Crippen molar-refractivity contribution in [2.24, 2.45) is 5.92 Å². The first kappa shape index (κ1) is 33.5. The molecule has 0 saturated carbocycles. The maximum absolute atomic E-state index is 14.0. The number of methoxy groups -OCH3 is 1. The van der Waals surface area contributed by atoms with E-state index in [2.05, 4.69) is 25.7 Å². The van der Waals surface area contributed by atoms with Crippen molar-refractivity contribution in [1.82, 2.24) is 34.7 Å².